The van der Waals surface area contributed by atoms with E-state index in [-0.39, 0.29) is 30.8 Å². The molecular formula is C24H23ClN6O3. The SMILES string of the molecule is CC(C)Cc1nc(N)c(C=N)c(-c2ccc3c(c2)OCC(=O)N3Cc2ncc(Cl)cn2)c1C=O. The number of nitrogens with zero attached hydrogens (tertiary/aromatic N) is 4. The van der Waals surface area contributed by atoms with Crippen LogP contribution in [0.1, 0.15) is 41.3 Å². The van der Waals surface area contributed by atoms with E-state index in [1.165, 1.54) is 17.3 Å². The van der Waals surface area contributed by atoms with Gasteiger partial charge >= 0.3 is 0 Å². The Labute approximate surface area is 201 Å². The van der Waals surface area contributed by atoms with Crippen molar-refractivity contribution < 1.29 is 14.3 Å². The summed E-state index contributed by atoms with van der Waals surface area (Å²) >= 11 is 5.86. The summed E-state index contributed by atoms with van der Waals surface area (Å²) in [5.41, 5.74) is 9.18. The Bertz CT molecular complexity index is 1280. The van der Waals surface area contributed by atoms with Crippen LogP contribution in [0.25, 0.3) is 11.1 Å². The van der Waals surface area contributed by atoms with Crippen molar-refractivity contribution in [2.45, 2.75) is 26.8 Å². The van der Waals surface area contributed by atoms with Gasteiger partial charge in [-0.2, -0.15) is 0 Å². The first-order valence-corrected chi connectivity index (χ1v) is 11.0. The predicted octanol–water partition coefficient (Wildman–Crippen LogP) is 3.71. The molecule has 2 aromatic heterocycles. The molecule has 0 saturated heterocycles. The van der Waals surface area contributed by atoms with E-state index in [4.69, 9.17) is 27.5 Å². The van der Waals surface area contributed by atoms with Gasteiger partial charge in [-0.25, -0.2) is 15.0 Å². The van der Waals surface area contributed by atoms with Crippen molar-refractivity contribution >= 4 is 41.5 Å². The summed E-state index contributed by atoms with van der Waals surface area (Å²) in [4.78, 5) is 39.0. The van der Waals surface area contributed by atoms with E-state index in [2.05, 4.69) is 15.0 Å². The minimum Gasteiger partial charge on any atom is -0.482 e. The zero-order chi connectivity index (χ0) is 24.4. The van der Waals surface area contributed by atoms with Crippen LogP contribution in [0.15, 0.2) is 30.6 Å². The molecule has 0 saturated carbocycles. The number of pyridine rings is 1. The average molecular weight is 479 g/mol. The highest BCUT2D eigenvalue weighted by atomic mass is 35.5. The number of benzene rings is 1. The van der Waals surface area contributed by atoms with Crippen LogP contribution in [0.4, 0.5) is 11.5 Å². The van der Waals surface area contributed by atoms with E-state index in [0.29, 0.717) is 56.7 Å². The molecule has 0 unspecified atom stereocenters. The van der Waals surface area contributed by atoms with Crippen LogP contribution in [-0.4, -0.2) is 40.0 Å². The third-order valence-corrected chi connectivity index (χ3v) is 5.60. The van der Waals surface area contributed by atoms with E-state index < -0.39 is 0 Å². The van der Waals surface area contributed by atoms with Crippen molar-refractivity contribution in [1.29, 1.82) is 5.41 Å². The summed E-state index contributed by atoms with van der Waals surface area (Å²) in [6.45, 7) is 4.05. The highest BCUT2D eigenvalue weighted by molar-refractivity contribution is 6.30. The van der Waals surface area contributed by atoms with E-state index in [9.17, 15) is 9.59 Å². The highest BCUT2D eigenvalue weighted by Crippen LogP contribution is 2.39. The third kappa shape index (κ3) is 4.47. The number of nitrogens with two attached hydrogens (primary N) is 1. The van der Waals surface area contributed by atoms with E-state index >= 15 is 0 Å². The number of fused-ring (bicyclic) bond motifs is 1. The number of nitrogens with one attached hydrogen (secondary N) is 1. The second-order valence-electron chi connectivity index (χ2n) is 8.27. The van der Waals surface area contributed by atoms with Gasteiger partial charge in [-0.15, -0.1) is 0 Å². The molecule has 10 heteroatoms. The van der Waals surface area contributed by atoms with Gasteiger partial charge in [0.15, 0.2) is 12.9 Å². The van der Waals surface area contributed by atoms with Gasteiger partial charge in [-0.05, 0) is 30.0 Å². The minimum absolute atomic E-state index is 0.151. The topological polar surface area (TPSA) is 135 Å². The van der Waals surface area contributed by atoms with Crippen LogP contribution in [0.2, 0.25) is 5.02 Å². The standard InChI is InChI=1S/C24H23ClN6O3/c1-13(2)5-18-17(11-32)23(16(7-26)24(27)30-18)14-3-4-19-20(6-14)34-12-22(33)31(19)10-21-28-8-15(25)9-29-21/h3-4,6-9,11,13,26H,5,10,12H2,1-2H3,(H2,27,30). The summed E-state index contributed by atoms with van der Waals surface area (Å²) < 4.78 is 5.71. The largest absolute Gasteiger partial charge is 0.482 e. The number of carbonyl (C=O) groups excluding carboxylic acids is 2. The molecule has 3 N–H and O–H groups in total. The number of aromatic nitrogens is 3. The summed E-state index contributed by atoms with van der Waals surface area (Å²) in [7, 11) is 0. The van der Waals surface area contributed by atoms with Gasteiger partial charge in [0.1, 0.15) is 17.4 Å². The molecule has 0 fully saturated rings. The van der Waals surface area contributed by atoms with Crippen LogP contribution in [-0.2, 0) is 17.8 Å². The third-order valence-electron chi connectivity index (χ3n) is 5.41. The lowest BCUT2D eigenvalue weighted by atomic mass is 9.91. The van der Waals surface area contributed by atoms with Crippen molar-refractivity contribution in [3.05, 3.63) is 58.3 Å². The van der Waals surface area contributed by atoms with Crippen LogP contribution in [0.3, 0.4) is 0 Å². The first-order chi connectivity index (χ1) is 16.3. The van der Waals surface area contributed by atoms with Gasteiger partial charge < -0.3 is 15.9 Å². The molecule has 1 amide bonds. The molecule has 3 heterocycles. The van der Waals surface area contributed by atoms with Crippen LogP contribution >= 0.6 is 11.6 Å². The van der Waals surface area contributed by atoms with Gasteiger partial charge in [-0.3, -0.25) is 14.5 Å². The number of ether oxygens (including phenoxy) is 1. The fraction of sp³-hybridized carbons (Fsp3) is 0.250. The Morgan fingerprint density at radius 3 is 2.65 bits per heavy atom. The van der Waals surface area contributed by atoms with Crippen LogP contribution < -0.4 is 15.4 Å². The number of carbonyl (C=O) groups is 2. The van der Waals surface area contributed by atoms with E-state index in [1.54, 1.807) is 18.2 Å². The predicted molar refractivity (Wildman–Crippen MR) is 130 cm³/mol. The normalized spacial score (nSPS) is 12.9. The lowest BCUT2D eigenvalue weighted by Crippen LogP contribution is -2.38. The monoisotopic (exact) mass is 478 g/mol. The van der Waals surface area contributed by atoms with Gasteiger partial charge in [0.25, 0.3) is 5.91 Å². The number of aldehydes is 1. The highest BCUT2D eigenvalue weighted by Gasteiger charge is 2.28. The molecule has 1 aliphatic heterocycles. The van der Waals surface area contributed by atoms with Crippen molar-refractivity contribution in [3.63, 3.8) is 0 Å². The van der Waals surface area contributed by atoms with E-state index in [1.807, 2.05) is 13.8 Å². The summed E-state index contributed by atoms with van der Waals surface area (Å²) in [5.74, 6) is 1.09. The minimum atomic E-state index is -0.236. The lowest BCUT2D eigenvalue weighted by Gasteiger charge is -2.29. The molecule has 0 aliphatic carbocycles. The van der Waals surface area contributed by atoms with Crippen LogP contribution in [0.5, 0.6) is 5.75 Å². The second kappa shape index (κ2) is 9.56. The number of hydrogen-bond acceptors (Lipinski definition) is 8. The summed E-state index contributed by atoms with van der Waals surface area (Å²) in [6, 6.07) is 5.24. The smallest absolute Gasteiger partial charge is 0.265 e. The maximum absolute atomic E-state index is 12.6. The van der Waals surface area contributed by atoms with Gasteiger partial charge in [0.2, 0.25) is 0 Å². The Kier molecular flexibility index (Phi) is 6.56. The fourth-order valence-corrected chi connectivity index (χ4v) is 4.00. The molecule has 0 radical (unpaired) electrons. The maximum Gasteiger partial charge on any atom is 0.265 e. The van der Waals surface area contributed by atoms with Gasteiger partial charge in [0, 0.05) is 35.3 Å². The zero-order valence-corrected chi connectivity index (χ0v) is 19.5. The summed E-state index contributed by atoms with van der Waals surface area (Å²) in [5, 5.41) is 8.28. The second-order valence-corrected chi connectivity index (χ2v) is 8.71. The van der Waals surface area contributed by atoms with Crippen LogP contribution in [0, 0.1) is 11.3 Å². The molecule has 34 heavy (non-hydrogen) atoms. The quantitative estimate of drug-likeness (QED) is 0.390. The Morgan fingerprint density at radius 1 is 1.26 bits per heavy atom. The Balaban J connectivity index is 1.80. The van der Waals surface area contributed by atoms with Crippen molar-refractivity contribution in [2.24, 2.45) is 5.92 Å². The molecule has 1 aromatic carbocycles. The van der Waals surface area contributed by atoms with Gasteiger partial charge in [-0.1, -0.05) is 31.5 Å². The molecule has 0 atom stereocenters. The molecule has 0 spiro atoms. The van der Waals surface area contributed by atoms with Crippen molar-refractivity contribution in [1.82, 2.24) is 15.0 Å². The molecule has 9 nitrogen and oxygen atoms in total. The fourth-order valence-electron chi connectivity index (χ4n) is 3.91. The molecule has 0 bridgehead atoms. The average Bonchev–Trinajstić information content (AvgIpc) is 2.81. The summed E-state index contributed by atoms with van der Waals surface area (Å²) in [6.07, 6.45) is 5.36. The van der Waals surface area contributed by atoms with Crippen molar-refractivity contribution in [3.8, 4) is 16.9 Å². The lowest BCUT2D eigenvalue weighted by molar-refractivity contribution is -0.121. The molecule has 174 valence electrons. The maximum atomic E-state index is 12.6. The molecule has 4 rings (SSSR count). The van der Waals surface area contributed by atoms with Crippen molar-refractivity contribution in [2.75, 3.05) is 17.2 Å². The molecule has 3 aromatic rings. The Morgan fingerprint density at radius 2 is 2.00 bits per heavy atom. The molecule has 1 aliphatic rings. The number of anilines is 2. The first-order valence-electron chi connectivity index (χ1n) is 10.6. The molecular weight excluding hydrogens is 456 g/mol. The Hall–Kier alpha value is -3.85. The van der Waals surface area contributed by atoms with Gasteiger partial charge in [0.05, 0.1) is 22.9 Å². The first kappa shape index (κ1) is 23.3. The number of nitrogen functional groups attached to an aromatic ring is 1. The number of amides is 1. The number of hydrogen-bond donors (Lipinski definition) is 2. The van der Waals surface area contributed by atoms with E-state index in [0.717, 1.165) is 12.5 Å². The number of halogens is 1. The number of rotatable bonds is 7. The zero-order valence-electron chi connectivity index (χ0n) is 18.7.